The Bertz CT molecular complexity index is 823. The number of hydrogen-bond acceptors (Lipinski definition) is 5. The molecule has 0 aliphatic carbocycles. The van der Waals surface area contributed by atoms with E-state index in [1.807, 2.05) is 20.8 Å². The number of likely N-dealkylation sites (N-methyl/N-ethyl adjacent to an activating group) is 1. The van der Waals surface area contributed by atoms with Gasteiger partial charge in [-0.05, 0) is 44.9 Å². The van der Waals surface area contributed by atoms with Crippen molar-refractivity contribution in [3.05, 3.63) is 35.6 Å². The average molecular weight is 435 g/mol. The van der Waals surface area contributed by atoms with Crippen molar-refractivity contribution in [3.8, 4) is 0 Å². The van der Waals surface area contributed by atoms with Crippen molar-refractivity contribution < 1.29 is 28.2 Å². The largest absolute Gasteiger partial charge is 0.444 e. The van der Waals surface area contributed by atoms with Crippen molar-refractivity contribution in [3.63, 3.8) is 0 Å². The van der Waals surface area contributed by atoms with Gasteiger partial charge in [0.2, 0.25) is 5.91 Å². The zero-order chi connectivity index (χ0) is 22.8. The van der Waals surface area contributed by atoms with Gasteiger partial charge in [-0.15, -0.1) is 0 Å². The van der Waals surface area contributed by atoms with Crippen LogP contribution in [0.3, 0.4) is 0 Å². The Labute approximate surface area is 181 Å². The first-order valence-corrected chi connectivity index (χ1v) is 10.5. The molecule has 0 spiro atoms. The predicted molar refractivity (Wildman–Crippen MR) is 111 cm³/mol. The SMILES string of the molecule is CN1C(=O)COC(C(=O)N2CCCN(C(=O)OC(C)(C)C)CC2)C1c1ccc(F)cc1. The van der Waals surface area contributed by atoms with Gasteiger partial charge in [-0.25, -0.2) is 9.18 Å². The first-order chi connectivity index (χ1) is 14.6. The quantitative estimate of drug-likeness (QED) is 0.712. The van der Waals surface area contributed by atoms with Gasteiger partial charge < -0.3 is 24.2 Å². The van der Waals surface area contributed by atoms with Crippen LogP contribution in [0.5, 0.6) is 0 Å². The van der Waals surface area contributed by atoms with Crippen molar-refractivity contribution >= 4 is 17.9 Å². The molecule has 0 bridgehead atoms. The van der Waals surface area contributed by atoms with E-state index in [9.17, 15) is 18.8 Å². The van der Waals surface area contributed by atoms with Crippen LogP contribution in [-0.4, -0.2) is 84.1 Å². The molecule has 2 heterocycles. The molecule has 1 aromatic rings. The maximum absolute atomic E-state index is 13.4. The Morgan fingerprint density at radius 3 is 2.32 bits per heavy atom. The number of amides is 3. The summed E-state index contributed by atoms with van der Waals surface area (Å²) < 4.78 is 24.5. The van der Waals surface area contributed by atoms with Crippen LogP contribution in [-0.2, 0) is 19.1 Å². The van der Waals surface area contributed by atoms with Crippen LogP contribution >= 0.6 is 0 Å². The lowest BCUT2D eigenvalue weighted by Crippen LogP contribution is -2.54. The number of hydrogen-bond donors (Lipinski definition) is 0. The molecule has 9 heteroatoms. The summed E-state index contributed by atoms with van der Waals surface area (Å²) in [5.41, 5.74) is 0.0365. The van der Waals surface area contributed by atoms with E-state index in [4.69, 9.17) is 9.47 Å². The minimum atomic E-state index is -0.902. The molecule has 2 saturated heterocycles. The standard InChI is InChI=1S/C22H30FN3O5/c1-22(2,3)31-21(29)26-11-5-10-25(12-13-26)20(28)19-18(24(4)17(27)14-30-19)15-6-8-16(23)9-7-15/h6-9,18-19H,5,10-14H2,1-4H3. The van der Waals surface area contributed by atoms with Gasteiger partial charge in [0, 0.05) is 33.2 Å². The molecule has 170 valence electrons. The normalized spacial score (nSPS) is 22.9. The third kappa shape index (κ3) is 5.52. The van der Waals surface area contributed by atoms with Crippen LogP contribution in [0.25, 0.3) is 0 Å². The molecule has 0 saturated carbocycles. The lowest BCUT2D eigenvalue weighted by molar-refractivity contribution is -0.167. The molecule has 3 amide bonds. The van der Waals surface area contributed by atoms with E-state index in [2.05, 4.69) is 0 Å². The maximum Gasteiger partial charge on any atom is 0.410 e. The average Bonchev–Trinajstić information content (AvgIpc) is 2.95. The highest BCUT2D eigenvalue weighted by Gasteiger charge is 2.42. The molecule has 3 rings (SSSR count). The van der Waals surface area contributed by atoms with Gasteiger partial charge in [0.1, 0.15) is 18.0 Å². The first-order valence-electron chi connectivity index (χ1n) is 10.5. The van der Waals surface area contributed by atoms with Crippen molar-refractivity contribution in [2.45, 2.75) is 44.9 Å². The Hall–Kier alpha value is -2.68. The van der Waals surface area contributed by atoms with Crippen molar-refractivity contribution in [1.82, 2.24) is 14.7 Å². The van der Waals surface area contributed by atoms with E-state index in [0.29, 0.717) is 38.2 Å². The summed E-state index contributed by atoms with van der Waals surface area (Å²) in [5.74, 6) is -0.892. The lowest BCUT2D eigenvalue weighted by Gasteiger charge is -2.40. The highest BCUT2D eigenvalue weighted by molar-refractivity contribution is 5.86. The molecule has 2 fully saturated rings. The van der Waals surface area contributed by atoms with E-state index in [1.54, 1.807) is 29.0 Å². The van der Waals surface area contributed by atoms with Gasteiger partial charge in [0.25, 0.3) is 5.91 Å². The summed E-state index contributed by atoms with van der Waals surface area (Å²) in [6.45, 7) is 6.89. The second-order valence-electron chi connectivity index (χ2n) is 8.88. The summed E-state index contributed by atoms with van der Waals surface area (Å²) in [4.78, 5) is 42.7. The van der Waals surface area contributed by atoms with Crippen LogP contribution in [0, 0.1) is 5.82 Å². The molecule has 0 aromatic heterocycles. The zero-order valence-electron chi connectivity index (χ0n) is 18.5. The Balaban J connectivity index is 1.73. The van der Waals surface area contributed by atoms with Gasteiger partial charge in [-0.3, -0.25) is 9.59 Å². The maximum atomic E-state index is 13.4. The number of morpholine rings is 1. The van der Waals surface area contributed by atoms with Crippen LogP contribution in [0.4, 0.5) is 9.18 Å². The minimum Gasteiger partial charge on any atom is -0.444 e. The zero-order valence-corrected chi connectivity index (χ0v) is 18.5. The van der Waals surface area contributed by atoms with Gasteiger partial charge in [-0.2, -0.15) is 0 Å². The first kappa shape index (κ1) is 23.0. The molecule has 1 aromatic carbocycles. The summed E-state index contributed by atoms with van der Waals surface area (Å²) >= 11 is 0. The van der Waals surface area contributed by atoms with E-state index >= 15 is 0 Å². The molecule has 2 aliphatic rings. The fraction of sp³-hybridized carbons (Fsp3) is 0.591. The number of ether oxygens (including phenoxy) is 2. The molecule has 8 nitrogen and oxygen atoms in total. The topological polar surface area (TPSA) is 79.4 Å². The van der Waals surface area contributed by atoms with Crippen LogP contribution in [0.1, 0.15) is 38.8 Å². The molecule has 0 radical (unpaired) electrons. The number of benzene rings is 1. The predicted octanol–water partition coefficient (Wildman–Crippen LogP) is 2.19. The van der Waals surface area contributed by atoms with Crippen molar-refractivity contribution in [1.29, 1.82) is 0 Å². The van der Waals surface area contributed by atoms with Crippen LogP contribution in [0.2, 0.25) is 0 Å². The number of rotatable bonds is 2. The number of carbonyl (C=O) groups excluding carboxylic acids is 3. The third-order valence-corrected chi connectivity index (χ3v) is 5.40. The lowest BCUT2D eigenvalue weighted by atomic mass is 9.97. The molecular formula is C22H30FN3O5. The molecule has 0 N–H and O–H groups in total. The van der Waals surface area contributed by atoms with E-state index < -0.39 is 29.7 Å². The number of nitrogens with zero attached hydrogens (tertiary/aromatic N) is 3. The molecule has 2 atom stereocenters. The van der Waals surface area contributed by atoms with E-state index in [0.717, 1.165) is 0 Å². The van der Waals surface area contributed by atoms with Gasteiger partial charge in [0.15, 0.2) is 6.10 Å². The smallest absolute Gasteiger partial charge is 0.410 e. The van der Waals surface area contributed by atoms with Gasteiger partial charge in [0.05, 0.1) is 6.04 Å². The molecule has 2 aliphatic heterocycles. The summed E-state index contributed by atoms with van der Waals surface area (Å²) in [6.07, 6.45) is -0.695. The Kier molecular flexibility index (Phi) is 6.83. The third-order valence-electron chi connectivity index (χ3n) is 5.40. The fourth-order valence-corrected chi connectivity index (χ4v) is 3.80. The van der Waals surface area contributed by atoms with Gasteiger partial charge >= 0.3 is 6.09 Å². The highest BCUT2D eigenvalue weighted by atomic mass is 19.1. The second kappa shape index (κ2) is 9.21. The Morgan fingerprint density at radius 2 is 1.68 bits per heavy atom. The Morgan fingerprint density at radius 1 is 1.06 bits per heavy atom. The summed E-state index contributed by atoms with van der Waals surface area (Å²) in [6, 6.07) is 5.07. The van der Waals surface area contributed by atoms with Crippen molar-refractivity contribution in [2.75, 3.05) is 39.8 Å². The summed E-state index contributed by atoms with van der Waals surface area (Å²) in [5, 5.41) is 0. The van der Waals surface area contributed by atoms with Crippen molar-refractivity contribution in [2.24, 2.45) is 0 Å². The van der Waals surface area contributed by atoms with E-state index in [-0.39, 0.29) is 18.4 Å². The number of carbonyl (C=O) groups is 3. The minimum absolute atomic E-state index is 0.192. The molecular weight excluding hydrogens is 405 g/mol. The highest BCUT2D eigenvalue weighted by Crippen LogP contribution is 2.30. The number of halogens is 1. The van der Waals surface area contributed by atoms with E-state index in [1.165, 1.54) is 17.0 Å². The summed E-state index contributed by atoms with van der Waals surface area (Å²) in [7, 11) is 1.62. The van der Waals surface area contributed by atoms with Crippen LogP contribution in [0.15, 0.2) is 24.3 Å². The molecule has 31 heavy (non-hydrogen) atoms. The monoisotopic (exact) mass is 435 g/mol. The van der Waals surface area contributed by atoms with Crippen LogP contribution < -0.4 is 0 Å². The fourth-order valence-electron chi connectivity index (χ4n) is 3.80. The second-order valence-corrected chi connectivity index (χ2v) is 8.88. The molecule has 2 unspecified atom stereocenters. The van der Waals surface area contributed by atoms with Gasteiger partial charge in [-0.1, -0.05) is 12.1 Å².